The molecule has 1 heterocycles. The van der Waals surface area contributed by atoms with E-state index in [0.717, 1.165) is 0 Å². The molecule has 0 radical (unpaired) electrons. The molecule has 0 spiro atoms. The van der Waals surface area contributed by atoms with E-state index in [2.05, 4.69) is 11.9 Å². The Hall–Kier alpha value is -2.24. The lowest BCUT2D eigenvalue weighted by atomic mass is 10.3. The molecule has 104 valence electrons. The molecule has 0 saturated carbocycles. The Kier molecular flexibility index (Phi) is 6.21. The van der Waals surface area contributed by atoms with Crippen molar-refractivity contribution in [2.75, 3.05) is 13.2 Å². The van der Waals surface area contributed by atoms with Gasteiger partial charge < -0.3 is 19.2 Å². The standard InChI is InChI=1S/C13H17NO5/c1-10(2)12(15)18-8-4-6-14-13(16)19-9-11-5-3-7-17-11/h3,5,7H,1,4,6,8-9H2,2H3,(H,14,16). The van der Waals surface area contributed by atoms with Crippen LogP contribution in [-0.2, 0) is 20.9 Å². The third kappa shape index (κ3) is 6.30. The van der Waals surface area contributed by atoms with Gasteiger partial charge >= 0.3 is 12.1 Å². The number of alkyl carbamates (subject to hydrolysis) is 1. The van der Waals surface area contributed by atoms with Gasteiger partial charge in [0.15, 0.2) is 6.61 Å². The SMILES string of the molecule is C=C(C)C(=O)OCCCNC(=O)OCc1ccco1. The van der Waals surface area contributed by atoms with Crippen molar-refractivity contribution in [2.45, 2.75) is 20.0 Å². The summed E-state index contributed by atoms with van der Waals surface area (Å²) in [5, 5.41) is 2.53. The van der Waals surface area contributed by atoms with E-state index in [0.29, 0.717) is 24.3 Å². The highest BCUT2D eigenvalue weighted by atomic mass is 16.6. The van der Waals surface area contributed by atoms with E-state index < -0.39 is 12.1 Å². The molecule has 1 aromatic heterocycles. The van der Waals surface area contributed by atoms with Gasteiger partial charge in [-0.25, -0.2) is 9.59 Å². The maximum atomic E-state index is 11.2. The van der Waals surface area contributed by atoms with Gasteiger partial charge in [-0.15, -0.1) is 0 Å². The Bertz CT molecular complexity index is 424. The molecule has 1 aromatic rings. The second-order valence-electron chi connectivity index (χ2n) is 3.85. The first-order valence-corrected chi connectivity index (χ1v) is 5.85. The van der Waals surface area contributed by atoms with E-state index in [4.69, 9.17) is 13.9 Å². The number of nitrogens with one attached hydrogen (secondary N) is 1. The number of carbonyl (C=O) groups is 2. The zero-order chi connectivity index (χ0) is 14.1. The highest BCUT2D eigenvalue weighted by Gasteiger charge is 2.05. The number of amides is 1. The molecule has 1 amide bonds. The van der Waals surface area contributed by atoms with Crippen LogP contribution in [0.2, 0.25) is 0 Å². The van der Waals surface area contributed by atoms with Crippen molar-refractivity contribution in [1.29, 1.82) is 0 Å². The highest BCUT2D eigenvalue weighted by Crippen LogP contribution is 2.01. The van der Waals surface area contributed by atoms with E-state index in [1.165, 1.54) is 6.26 Å². The molecule has 0 atom stereocenters. The van der Waals surface area contributed by atoms with Crippen LogP contribution in [0.4, 0.5) is 4.79 Å². The van der Waals surface area contributed by atoms with Crippen molar-refractivity contribution in [3.05, 3.63) is 36.3 Å². The number of hydrogen-bond acceptors (Lipinski definition) is 5. The van der Waals surface area contributed by atoms with Crippen LogP contribution in [0.15, 0.2) is 35.0 Å². The molecule has 0 aliphatic rings. The number of ether oxygens (including phenoxy) is 2. The Morgan fingerprint density at radius 1 is 1.42 bits per heavy atom. The fourth-order valence-corrected chi connectivity index (χ4v) is 1.13. The van der Waals surface area contributed by atoms with Gasteiger partial charge in [0.25, 0.3) is 0 Å². The second kappa shape index (κ2) is 7.97. The molecule has 0 saturated heterocycles. The van der Waals surface area contributed by atoms with E-state index in [1.807, 2.05) is 0 Å². The van der Waals surface area contributed by atoms with Gasteiger partial charge in [-0.1, -0.05) is 6.58 Å². The topological polar surface area (TPSA) is 77.8 Å². The normalized spacial score (nSPS) is 9.74. The number of carbonyl (C=O) groups excluding carboxylic acids is 2. The fraction of sp³-hybridized carbons (Fsp3) is 0.385. The van der Waals surface area contributed by atoms with Crippen LogP contribution in [0.5, 0.6) is 0 Å². The molecule has 0 fully saturated rings. The Labute approximate surface area is 111 Å². The molecule has 1 N–H and O–H groups in total. The number of furan rings is 1. The zero-order valence-corrected chi connectivity index (χ0v) is 10.8. The molecule has 0 aliphatic heterocycles. The Balaban J connectivity index is 2.01. The van der Waals surface area contributed by atoms with Crippen molar-refractivity contribution in [2.24, 2.45) is 0 Å². The van der Waals surface area contributed by atoms with E-state index in [-0.39, 0.29) is 13.2 Å². The second-order valence-corrected chi connectivity index (χ2v) is 3.85. The van der Waals surface area contributed by atoms with Crippen molar-refractivity contribution in [3.63, 3.8) is 0 Å². The van der Waals surface area contributed by atoms with Crippen LogP contribution < -0.4 is 5.32 Å². The third-order valence-electron chi connectivity index (χ3n) is 2.10. The minimum absolute atomic E-state index is 0.0868. The van der Waals surface area contributed by atoms with Crippen LogP contribution in [0, 0.1) is 0 Å². The van der Waals surface area contributed by atoms with E-state index >= 15 is 0 Å². The predicted molar refractivity (Wildman–Crippen MR) is 67.3 cm³/mol. The molecule has 0 unspecified atom stereocenters. The molecule has 19 heavy (non-hydrogen) atoms. The lowest BCUT2D eigenvalue weighted by molar-refractivity contribution is -0.138. The summed E-state index contributed by atoms with van der Waals surface area (Å²) in [4.78, 5) is 22.3. The molecule has 0 bridgehead atoms. The number of hydrogen-bond donors (Lipinski definition) is 1. The monoisotopic (exact) mass is 267 g/mol. The first kappa shape index (κ1) is 14.8. The molecule has 0 aliphatic carbocycles. The van der Waals surface area contributed by atoms with Crippen LogP contribution in [0.3, 0.4) is 0 Å². The summed E-state index contributed by atoms with van der Waals surface area (Å²) in [5.74, 6) is 0.144. The maximum absolute atomic E-state index is 11.2. The molecule has 0 aromatic carbocycles. The highest BCUT2D eigenvalue weighted by molar-refractivity contribution is 5.86. The van der Waals surface area contributed by atoms with Gasteiger partial charge in [0.1, 0.15) is 5.76 Å². The Morgan fingerprint density at radius 3 is 2.84 bits per heavy atom. The Morgan fingerprint density at radius 2 is 2.21 bits per heavy atom. The zero-order valence-electron chi connectivity index (χ0n) is 10.8. The van der Waals surface area contributed by atoms with Gasteiger partial charge in [0.05, 0.1) is 12.9 Å². The lowest BCUT2D eigenvalue weighted by Gasteiger charge is -2.06. The van der Waals surface area contributed by atoms with Crippen molar-refractivity contribution in [3.8, 4) is 0 Å². The minimum atomic E-state index is -0.539. The quantitative estimate of drug-likeness (QED) is 0.464. The first-order valence-electron chi connectivity index (χ1n) is 5.85. The van der Waals surface area contributed by atoms with Crippen LogP contribution in [0.1, 0.15) is 19.1 Å². The van der Waals surface area contributed by atoms with Crippen molar-refractivity contribution < 1.29 is 23.5 Å². The van der Waals surface area contributed by atoms with Crippen LogP contribution in [0.25, 0.3) is 0 Å². The third-order valence-corrected chi connectivity index (χ3v) is 2.10. The van der Waals surface area contributed by atoms with Crippen molar-refractivity contribution >= 4 is 12.1 Å². The summed E-state index contributed by atoms with van der Waals surface area (Å²) in [7, 11) is 0. The summed E-state index contributed by atoms with van der Waals surface area (Å²) in [6.07, 6.45) is 1.48. The average molecular weight is 267 g/mol. The summed E-state index contributed by atoms with van der Waals surface area (Å²) in [6.45, 7) is 5.71. The van der Waals surface area contributed by atoms with Crippen molar-refractivity contribution in [1.82, 2.24) is 5.32 Å². The average Bonchev–Trinajstić information content (AvgIpc) is 2.88. The summed E-state index contributed by atoms with van der Waals surface area (Å²) in [6, 6.07) is 3.43. The molecular weight excluding hydrogens is 250 g/mol. The van der Waals surface area contributed by atoms with Gasteiger partial charge in [-0.3, -0.25) is 0 Å². The first-order chi connectivity index (χ1) is 9.09. The van der Waals surface area contributed by atoms with Gasteiger partial charge in [-0.05, 0) is 25.5 Å². The molecule has 1 rings (SSSR count). The van der Waals surface area contributed by atoms with Crippen LogP contribution >= 0.6 is 0 Å². The number of esters is 1. The van der Waals surface area contributed by atoms with E-state index in [1.54, 1.807) is 19.1 Å². The summed E-state index contributed by atoms with van der Waals surface area (Å²) in [5.41, 5.74) is 0.353. The smallest absolute Gasteiger partial charge is 0.407 e. The predicted octanol–water partition coefficient (Wildman–Crippen LogP) is 2.02. The molecule has 6 heteroatoms. The molecular formula is C13H17NO5. The molecule has 6 nitrogen and oxygen atoms in total. The fourth-order valence-electron chi connectivity index (χ4n) is 1.13. The van der Waals surface area contributed by atoms with Gasteiger partial charge in [0, 0.05) is 12.1 Å². The van der Waals surface area contributed by atoms with E-state index in [9.17, 15) is 9.59 Å². The number of rotatable bonds is 7. The summed E-state index contributed by atoms with van der Waals surface area (Å²) < 4.78 is 14.8. The van der Waals surface area contributed by atoms with Gasteiger partial charge in [-0.2, -0.15) is 0 Å². The maximum Gasteiger partial charge on any atom is 0.407 e. The summed E-state index contributed by atoms with van der Waals surface area (Å²) >= 11 is 0. The van der Waals surface area contributed by atoms with Crippen LogP contribution in [-0.4, -0.2) is 25.2 Å². The minimum Gasteiger partial charge on any atom is -0.466 e. The van der Waals surface area contributed by atoms with Gasteiger partial charge in [0.2, 0.25) is 0 Å². The lowest BCUT2D eigenvalue weighted by Crippen LogP contribution is -2.26. The largest absolute Gasteiger partial charge is 0.466 e.